The average Bonchev–Trinajstić information content (AvgIpc) is 2.89. The van der Waals surface area contributed by atoms with Gasteiger partial charge in [0, 0.05) is 5.56 Å². The molecule has 0 N–H and O–H groups in total. The lowest BCUT2D eigenvalue weighted by Gasteiger charge is -2.37. The summed E-state index contributed by atoms with van der Waals surface area (Å²) in [5.41, 5.74) is 2.00. The van der Waals surface area contributed by atoms with Gasteiger partial charge in [0.2, 0.25) is 5.90 Å². The second kappa shape index (κ2) is 6.61. The minimum atomic E-state index is -1.79. The Kier molecular flexibility index (Phi) is 5.16. The molecule has 23 heavy (non-hydrogen) atoms. The highest BCUT2D eigenvalue weighted by Crippen LogP contribution is 2.37. The van der Waals surface area contributed by atoms with Crippen LogP contribution in [0.25, 0.3) is 0 Å². The summed E-state index contributed by atoms with van der Waals surface area (Å²) >= 11 is 0. The lowest BCUT2D eigenvalue weighted by atomic mass is 10.1. The third-order valence-electron chi connectivity index (χ3n) is 4.80. The topological polar surface area (TPSA) is 30.8 Å². The Bertz CT molecular complexity index is 587. The Hall–Kier alpha value is -1.39. The Morgan fingerprint density at radius 2 is 1.87 bits per heavy atom. The maximum atomic E-state index is 6.35. The number of ether oxygens (including phenoxy) is 1. The molecular weight excluding hydrogens is 302 g/mol. The number of benzene rings is 1. The van der Waals surface area contributed by atoms with Crippen LogP contribution in [0.5, 0.6) is 0 Å². The first-order valence-corrected chi connectivity index (χ1v) is 11.1. The second-order valence-electron chi connectivity index (χ2n) is 7.82. The molecule has 4 heteroatoms. The zero-order valence-electron chi connectivity index (χ0n) is 15.2. The molecule has 0 fully saturated rings. The second-order valence-corrected chi connectivity index (χ2v) is 12.6. The van der Waals surface area contributed by atoms with E-state index in [-0.39, 0.29) is 17.2 Å². The summed E-state index contributed by atoms with van der Waals surface area (Å²) in [6.07, 6.45) is -0.102. The average molecular weight is 332 g/mol. The smallest absolute Gasteiger partial charge is 0.217 e. The predicted molar refractivity (Wildman–Crippen MR) is 99.6 cm³/mol. The molecule has 0 bridgehead atoms. The van der Waals surface area contributed by atoms with Gasteiger partial charge in [0.25, 0.3) is 0 Å². The molecule has 0 spiro atoms. The van der Waals surface area contributed by atoms with Gasteiger partial charge in [-0.2, -0.15) is 0 Å². The van der Waals surface area contributed by atoms with E-state index >= 15 is 0 Å². The van der Waals surface area contributed by atoms with Gasteiger partial charge >= 0.3 is 0 Å². The van der Waals surface area contributed by atoms with Crippen molar-refractivity contribution in [1.29, 1.82) is 0 Å². The molecule has 0 amide bonds. The summed E-state index contributed by atoms with van der Waals surface area (Å²) in [6, 6.07) is 10.0. The first-order valence-electron chi connectivity index (χ1n) is 8.21. The van der Waals surface area contributed by atoms with E-state index < -0.39 is 8.32 Å². The van der Waals surface area contributed by atoms with Crippen LogP contribution < -0.4 is 0 Å². The van der Waals surface area contributed by atoms with Gasteiger partial charge in [-0.05, 0) is 42.8 Å². The first-order chi connectivity index (χ1) is 10.6. The van der Waals surface area contributed by atoms with Gasteiger partial charge in [0.1, 0.15) is 12.1 Å². The standard InChI is InChI=1S/C19H29NO2Si/c1-14(2)17-16(13-21-23(6,7)19(3,4)5)20-18(22-17)15-11-9-8-10-12-15/h8-12,16-17H,1,13H2,2-7H3/t16-,17-/m1/s1. The van der Waals surface area contributed by atoms with Crippen LogP contribution in [-0.4, -0.2) is 33.0 Å². The molecule has 1 aliphatic heterocycles. The molecule has 1 aromatic rings. The maximum Gasteiger partial charge on any atom is 0.217 e. The number of rotatable bonds is 5. The van der Waals surface area contributed by atoms with Gasteiger partial charge in [-0.25, -0.2) is 4.99 Å². The van der Waals surface area contributed by atoms with Gasteiger partial charge < -0.3 is 9.16 Å². The van der Waals surface area contributed by atoms with Crippen LogP contribution in [0, 0.1) is 0 Å². The van der Waals surface area contributed by atoms with E-state index in [9.17, 15) is 0 Å². The fraction of sp³-hybridized carbons (Fsp3) is 0.526. The highest BCUT2D eigenvalue weighted by molar-refractivity contribution is 6.74. The third kappa shape index (κ3) is 4.12. The van der Waals surface area contributed by atoms with Crippen molar-refractivity contribution in [1.82, 2.24) is 0 Å². The highest BCUT2D eigenvalue weighted by Gasteiger charge is 2.40. The number of hydrogen-bond donors (Lipinski definition) is 0. The lowest BCUT2D eigenvalue weighted by Crippen LogP contribution is -2.43. The predicted octanol–water partition coefficient (Wildman–Crippen LogP) is 4.80. The summed E-state index contributed by atoms with van der Waals surface area (Å²) in [7, 11) is -1.79. The minimum absolute atomic E-state index is 0.0168. The van der Waals surface area contributed by atoms with E-state index in [1.54, 1.807) is 0 Å². The van der Waals surface area contributed by atoms with Crippen molar-refractivity contribution in [2.75, 3.05) is 6.61 Å². The zero-order chi connectivity index (χ0) is 17.3. The summed E-state index contributed by atoms with van der Waals surface area (Å²) in [5.74, 6) is 0.697. The molecule has 0 saturated carbocycles. The van der Waals surface area contributed by atoms with E-state index in [0.717, 1.165) is 11.1 Å². The third-order valence-corrected chi connectivity index (χ3v) is 9.30. The fourth-order valence-corrected chi connectivity index (χ4v) is 3.26. The molecule has 3 nitrogen and oxygen atoms in total. The van der Waals surface area contributed by atoms with Crippen molar-refractivity contribution >= 4 is 14.2 Å². The monoisotopic (exact) mass is 331 g/mol. The summed E-state index contributed by atoms with van der Waals surface area (Å²) < 4.78 is 12.4. The quantitative estimate of drug-likeness (QED) is 0.573. The molecule has 1 aliphatic rings. The largest absolute Gasteiger partial charge is 0.467 e. The van der Waals surface area contributed by atoms with Crippen LogP contribution >= 0.6 is 0 Å². The van der Waals surface area contributed by atoms with Crippen LogP contribution in [0.4, 0.5) is 0 Å². The number of nitrogens with zero attached hydrogens (tertiary/aromatic N) is 1. The summed E-state index contributed by atoms with van der Waals surface area (Å²) in [6.45, 7) is 17.9. The van der Waals surface area contributed by atoms with Gasteiger partial charge in [0.15, 0.2) is 8.32 Å². The molecule has 1 heterocycles. The lowest BCUT2D eigenvalue weighted by molar-refractivity contribution is 0.178. The zero-order valence-corrected chi connectivity index (χ0v) is 16.2. The van der Waals surface area contributed by atoms with Crippen molar-refractivity contribution in [3.05, 3.63) is 48.0 Å². The normalized spacial score (nSPS) is 21.7. The van der Waals surface area contributed by atoms with Crippen molar-refractivity contribution in [2.45, 2.75) is 58.0 Å². The molecule has 0 aromatic heterocycles. The Morgan fingerprint density at radius 1 is 1.26 bits per heavy atom. The van der Waals surface area contributed by atoms with Crippen molar-refractivity contribution in [2.24, 2.45) is 4.99 Å². The highest BCUT2D eigenvalue weighted by atomic mass is 28.4. The van der Waals surface area contributed by atoms with Crippen molar-refractivity contribution < 1.29 is 9.16 Å². The van der Waals surface area contributed by atoms with Crippen molar-refractivity contribution in [3.63, 3.8) is 0 Å². The van der Waals surface area contributed by atoms with Gasteiger partial charge in [0.05, 0.1) is 6.61 Å². The molecule has 126 valence electrons. The van der Waals surface area contributed by atoms with Crippen LogP contribution in [-0.2, 0) is 9.16 Å². The Balaban J connectivity index is 2.15. The van der Waals surface area contributed by atoms with E-state index in [1.165, 1.54) is 0 Å². The number of aliphatic imine (C=N–C) groups is 1. The van der Waals surface area contributed by atoms with Crippen LogP contribution in [0.2, 0.25) is 18.1 Å². The Labute approximate surface area is 141 Å². The van der Waals surface area contributed by atoms with Gasteiger partial charge in [-0.3, -0.25) is 0 Å². The first kappa shape index (κ1) is 18.0. The van der Waals surface area contributed by atoms with E-state index in [4.69, 9.17) is 14.2 Å². The van der Waals surface area contributed by atoms with Crippen molar-refractivity contribution in [3.8, 4) is 0 Å². The van der Waals surface area contributed by atoms with Gasteiger partial charge in [-0.1, -0.05) is 45.5 Å². The number of hydrogen-bond acceptors (Lipinski definition) is 3. The molecular formula is C19H29NO2Si. The van der Waals surface area contributed by atoms with Gasteiger partial charge in [-0.15, -0.1) is 0 Å². The SMILES string of the molecule is C=C(C)[C@H]1OC(c2ccccc2)=N[C@@H]1CO[Si](C)(C)C(C)(C)C. The van der Waals surface area contributed by atoms with Crippen LogP contribution in [0.3, 0.4) is 0 Å². The van der Waals surface area contributed by atoms with E-state index in [0.29, 0.717) is 12.5 Å². The molecule has 2 rings (SSSR count). The maximum absolute atomic E-state index is 6.35. The van der Waals surface area contributed by atoms with Crippen LogP contribution in [0.1, 0.15) is 33.3 Å². The fourth-order valence-electron chi connectivity index (χ4n) is 2.23. The van der Waals surface area contributed by atoms with E-state index in [1.807, 2.05) is 37.3 Å². The summed E-state index contributed by atoms with van der Waals surface area (Å²) in [4.78, 5) is 4.78. The molecule has 0 saturated heterocycles. The van der Waals surface area contributed by atoms with E-state index in [2.05, 4.69) is 40.4 Å². The molecule has 0 radical (unpaired) electrons. The Morgan fingerprint density at radius 3 is 2.39 bits per heavy atom. The molecule has 0 aliphatic carbocycles. The molecule has 0 unspecified atom stereocenters. The minimum Gasteiger partial charge on any atom is -0.467 e. The molecule has 1 aromatic carbocycles. The molecule has 2 atom stereocenters. The summed E-state index contributed by atoms with van der Waals surface area (Å²) in [5, 5.41) is 0.192. The van der Waals surface area contributed by atoms with Crippen LogP contribution in [0.15, 0.2) is 47.5 Å².